The molecule has 0 spiro atoms. The summed E-state index contributed by atoms with van der Waals surface area (Å²) in [6.07, 6.45) is 2.48. The highest BCUT2D eigenvalue weighted by molar-refractivity contribution is 5.70. The first-order chi connectivity index (χ1) is 9.60. The Labute approximate surface area is 117 Å². The first-order valence-corrected chi connectivity index (χ1v) is 6.68. The van der Waals surface area contributed by atoms with E-state index in [0.717, 1.165) is 31.2 Å². The van der Waals surface area contributed by atoms with E-state index < -0.39 is 12.1 Å². The topological polar surface area (TPSA) is 72.8 Å². The predicted molar refractivity (Wildman–Crippen MR) is 71.8 cm³/mol. The highest BCUT2D eigenvalue weighted by atomic mass is 16.7. The van der Waals surface area contributed by atoms with E-state index in [1.165, 1.54) is 7.11 Å². The third-order valence-electron chi connectivity index (χ3n) is 3.80. The van der Waals surface area contributed by atoms with Crippen molar-refractivity contribution in [2.24, 2.45) is 5.92 Å². The highest BCUT2D eigenvalue weighted by Gasteiger charge is 2.26. The Morgan fingerprint density at radius 1 is 1.10 bits per heavy atom. The van der Waals surface area contributed by atoms with Crippen LogP contribution in [0.4, 0.5) is 4.79 Å². The molecule has 0 unspecified atom stereocenters. The van der Waals surface area contributed by atoms with Crippen molar-refractivity contribution in [3.8, 4) is 5.75 Å². The van der Waals surface area contributed by atoms with Gasteiger partial charge in [-0.25, -0.2) is 4.79 Å². The highest BCUT2D eigenvalue weighted by Crippen LogP contribution is 2.36. The van der Waals surface area contributed by atoms with Crippen molar-refractivity contribution in [1.82, 2.24) is 0 Å². The van der Waals surface area contributed by atoms with E-state index in [1.54, 1.807) is 12.1 Å². The summed E-state index contributed by atoms with van der Waals surface area (Å²) in [5.74, 6) is -0.0592. The molecule has 5 heteroatoms. The lowest BCUT2D eigenvalue weighted by molar-refractivity contribution is -0.142. The van der Waals surface area contributed by atoms with Crippen LogP contribution in [-0.2, 0) is 9.53 Å². The fourth-order valence-corrected chi connectivity index (χ4v) is 2.62. The quantitative estimate of drug-likeness (QED) is 0.679. The van der Waals surface area contributed by atoms with Crippen LogP contribution in [0.15, 0.2) is 24.3 Å². The van der Waals surface area contributed by atoms with Crippen molar-refractivity contribution in [3.63, 3.8) is 0 Å². The van der Waals surface area contributed by atoms with Crippen molar-refractivity contribution in [2.45, 2.75) is 31.6 Å². The van der Waals surface area contributed by atoms with Crippen molar-refractivity contribution >= 4 is 12.1 Å². The van der Waals surface area contributed by atoms with Crippen LogP contribution >= 0.6 is 0 Å². The third kappa shape index (κ3) is 3.50. The van der Waals surface area contributed by atoms with Crippen LogP contribution in [0.3, 0.4) is 0 Å². The lowest BCUT2D eigenvalue weighted by Gasteiger charge is -2.26. The summed E-state index contributed by atoms with van der Waals surface area (Å²) in [6, 6.07) is 7.30. The Bertz CT molecular complexity index is 472. The summed E-state index contributed by atoms with van der Waals surface area (Å²) in [5.41, 5.74) is 1.16. The molecule has 2 rings (SSSR count). The summed E-state index contributed by atoms with van der Waals surface area (Å²) in [6.45, 7) is 0. The molecular formula is C15H18O5. The SMILES string of the molecule is COC(=O)Oc1ccc(C2CCC(C(=O)O)CC2)cc1. The standard InChI is InChI=1S/C15H18O5/c1-19-15(18)20-13-8-6-11(7-9-13)10-2-4-12(5-3-10)14(16)17/h6-10,12H,2-5H2,1H3,(H,16,17). The average molecular weight is 278 g/mol. The normalized spacial score (nSPS) is 22.1. The van der Waals surface area contributed by atoms with E-state index in [9.17, 15) is 9.59 Å². The molecule has 0 saturated heterocycles. The molecule has 0 aliphatic heterocycles. The molecule has 108 valence electrons. The van der Waals surface area contributed by atoms with Crippen LogP contribution in [0.5, 0.6) is 5.75 Å². The summed E-state index contributed by atoms with van der Waals surface area (Å²) in [7, 11) is 1.26. The lowest BCUT2D eigenvalue weighted by Crippen LogP contribution is -2.20. The van der Waals surface area contributed by atoms with Gasteiger partial charge in [-0.1, -0.05) is 12.1 Å². The summed E-state index contributed by atoms with van der Waals surface area (Å²) in [5, 5.41) is 8.98. The van der Waals surface area contributed by atoms with Gasteiger partial charge in [-0.15, -0.1) is 0 Å². The zero-order valence-electron chi connectivity index (χ0n) is 11.4. The fourth-order valence-electron chi connectivity index (χ4n) is 2.62. The second kappa shape index (κ2) is 6.41. The second-order valence-corrected chi connectivity index (χ2v) is 5.01. The van der Waals surface area contributed by atoms with Gasteiger partial charge in [0.05, 0.1) is 13.0 Å². The summed E-state index contributed by atoms with van der Waals surface area (Å²) in [4.78, 5) is 21.9. The van der Waals surface area contributed by atoms with Crippen molar-refractivity contribution in [3.05, 3.63) is 29.8 Å². The Hall–Kier alpha value is -2.04. The van der Waals surface area contributed by atoms with Gasteiger partial charge in [-0.2, -0.15) is 0 Å². The van der Waals surface area contributed by atoms with Gasteiger partial charge in [-0.05, 0) is 49.3 Å². The maximum absolute atomic E-state index is 11.0. The molecule has 0 heterocycles. The molecule has 0 amide bonds. The molecule has 0 bridgehead atoms. The maximum Gasteiger partial charge on any atom is 0.513 e. The molecule has 1 saturated carbocycles. The summed E-state index contributed by atoms with van der Waals surface area (Å²) >= 11 is 0. The molecule has 0 atom stereocenters. The Morgan fingerprint density at radius 3 is 2.20 bits per heavy atom. The zero-order chi connectivity index (χ0) is 14.5. The van der Waals surface area contributed by atoms with Gasteiger partial charge >= 0.3 is 12.1 Å². The van der Waals surface area contributed by atoms with Crippen LogP contribution in [-0.4, -0.2) is 24.3 Å². The van der Waals surface area contributed by atoms with E-state index in [2.05, 4.69) is 4.74 Å². The molecule has 0 aromatic heterocycles. The van der Waals surface area contributed by atoms with Crippen LogP contribution in [0.25, 0.3) is 0 Å². The van der Waals surface area contributed by atoms with Crippen molar-refractivity contribution in [1.29, 1.82) is 0 Å². The van der Waals surface area contributed by atoms with Gasteiger partial charge < -0.3 is 14.6 Å². The van der Waals surface area contributed by atoms with E-state index in [0.29, 0.717) is 11.7 Å². The number of methoxy groups -OCH3 is 1. The number of carbonyl (C=O) groups excluding carboxylic acids is 1. The molecule has 1 fully saturated rings. The molecule has 1 aliphatic rings. The van der Waals surface area contributed by atoms with Gasteiger partial charge in [0.15, 0.2) is 0 Å². The van der Waals surface area contributed by atoms with Gasteiger partial charge in [0.2, 0.25) is 0 Å². The smallest absolute Gasteiger partial charge is 0.481 e. The van der Waals surface area contributed by atoms with E-state index in [-0.39, 0.29) is 5.92 Å². The van der Waals surface area contributed by atoms with Crippen molar-refractivity contribution in [2.75, 3.05) is 7.11 Å². The molecular weight excluding hydrogens is 260 g/mol. The van der Waals surface area contributed by atoms with Gasteiger partial charge in [-0.3, -0.25) is 4.79 Å². The molecule has 1 aliphatic carbocycles. The van der Waals surface area contributed by atoms with Gasteiger partial charge in [0, 0.05) is 0 Å². The minimum absolute atomic E-state index is 0.201. The third-order valence-corrected chi connectivity index (χ3v) is 3.80. The second-order valence-electron chi connectivity index (χ2n) is 5.01. The van der Waals surface area contributed by atoms with Crippen molar-refractivity contribution < 1.29 is 24.2 Å². The molecule has 1 aromatic rings. The largest absolute Gasteiger partial charge is 0.513 e. The van der Waals surface area contributed by atoms with E-state index in [1.807, 2.05) is 12.1 Å². The van der Waals surface area contributed by atoms with E-state index >= 15 is 0 Å². The molecule has 0 radical (unpaired) electrons. The van der Waals surface area contributed by atoms with Crippen LogP contribution in [0.2, 0.25) is 0 Å². The number of carboxylic acids is 1. The first kappa shape index (κ1) is 14.4. The Kier molecular flexibility index (Phi) is 4.61. The first-order valence-electron chi connectivity index (χ1n) is 6.68. The predicted octanol–water partition coefficient (Wildman–Crippen LogP) is 3.19. The fraction of sp³-hybridized carbons (Fsp3) is 0.467. The summed E-state index contributed by atoms with van der Waals surface area (Å²) < 4.78 is 9.33. The van der Waals surface area contributed by atoms with E-state index in [4.69, 9.17) is 9.84 Å². The Morgan fingerprint density at radius 2 is 1.70 bits per heavy atom. The minimum Gasteiger partial charge on any atom is -0.481 e. The molecule has 1 aromatic carbocycles. The number of ether oxygens (including phenoxy) is 2. The number of carbonyl (C=O) groups is 2. The van der Waals surface area contributed by atoms with Crippen LogP contribution < -0.4 is 4.74 Å². The minimum atomic E-state index is -0.736. The monoisotopic (exact) mass is 278 g/mol. The Balaban J connectivity index is 1.94. The molecule has 1 N–H and O–H groups in total. The number of carboxylic acid groups (broad SMARTS) is 1. The molecule has 5 nitrogen and oxygen atoms in total. The van der Waals surface area contributed by atoms with Gasteiger partial charge in [0.25, 0.3) is 0 Å². The zero-order valence-corrected chi connectivity index (χ0v) is 11.4. The lowest BCUT2D eigenvalue weighted by atomic mass is 9.79. The maximum atomic E-state index is 11.0. The number of aliphatic carboxylic acids is 1. The number of hydrogen-bond donors (Lipinski definition) is 1. The number of rotatable bonds is 3. The van der Waals surface area contributed by atoms with Crippen LogP contribution in [0.1, 0.15) is 37.2 Å². The number of hydrogen-bond acceptors (Lipinski definition) is 4. The van der Waals surface area contributed by atoms with Crippen LogP contribution in [0, 0.1) is 5.92 Å². The average Bonchev–Trinajstić information content (AvgIpc) is 2.48. The van der Waals surface area contributed by atoms with Gasteiger partial charge in [0.1, 0.15) is 5.75 Å². The number of benzene rings is 1. The molecule has 20 heavy (non-hydrogen) atoms.